The largest absolute Gasteiger partial charge is 0.316 e. The van der Waals surface area contributed by atoms with Gasteiger partial charge < -0.3 is 5.32 Å². The van der Waals surface area contributed by atoms with Gasteiger partial charge in [-0.05, 0) is 13.0 Å². The lowest BCUT2D eigenvalue weighted by molar-refractivity contribution is 0.777. The van der Waals surface area contributed by atoms with Crippen molar-refractivity contribution in [3.05, 3.63) is 15.5 Å². The molecule has 2 heterocycles. The number of aromatic nitrogens is 1. The van der Waals surface area contributed by atoms with Gasteiger partial charge in [0.15, 0.2) is 4.47 Å². The van der Waals surface area contributed by atoms with Gasteiger partial charge in [-0.3, -0.25) is 0 Å². The molecule has 0 amide bonds. The van der Waals surface area contributed by atoms with Crippen molar-refractivity contribution in [1.82, 2.24) is 10.3 Å². The minimum Gasteiger partial charge on any atom is -0.316 e. The molecule has 4 heteroatoms. The molecule has 11 heavy (non-hydrogen) atoms. The summed E-state index contributed by atoms with van der Waals surface area (Å²) >= 11 is 7.33. The van der Waals surface area contributed by atoms with Crippen LogP contribution in [0, 0.1) is 0 Å². The summed E-state index contributed by atoms with van der Waals surface area (Å²) in [5, 5.41) is 3.32. The maximum atomic E-state index is 5.73. The lowest BCUT2D eigenvalue weighted by Gasteiger charge is -2.01. The fourth-order valence-corrected chi connectivity index (χ4v) is 2.44. The van der Waals surface area contributed by atoms with Gasteiger partial charge in [0, 0.05) is 23.5 Å². The van der Waals surface area contributed by atoms with Crippen LogP contribution in [-0.4, -0.2) is 18.1 Å². The monoisotopic (exact) mass is 188 g/mol. The third kappa shape index (κ3) is 1.55. The molecule has 0 spiro atoms. The number of rotatable bonds is 1. The molecule has 0 radical (unpaired) electrons. The third-order valence-electron chi connectivity index (χ3n) is 1.96. The quantitative estimate of drug-likeness (QED) is 0.728. The van der Waals surface area contributed by atoms with Crippen LogP contribution in [0.3, 0.4) is 0 Å². The maximum Gasteiger partial charge on any atom is 0.183 e. The van der Waals surface area contributed by atoms with Gasteiger partial charge in [0.2, 0.25) is 0 Å². The Bertz CT molecular complexity index is 242. The molecule has 1 N–H and O–H groups in total. The van der Waals surface area contributed by atoms with Crippen molar-refractivity contribution in [3.63, 3.8) is 0 Å². The molecule has 0 saturated carbocycles. The van der Waals surface area contributed by atoms with E-state index in [2.05, 4.69) is 10.3 Å². The van der Waals surface area contributed by atoms with Crippen LogP contribution in [0.15, 0.2) is 6.20 Å². The predicted octanol–water partition coefficient (Wildman–Crippen LogP) is 1.87. The van der Waals surface area contributed by atoms with E-state index in [1.807, 2.05) is 6.20 Å². The van der Waals surface area contributed by atoms with Crippen LogP contribution >= 0.6 is 22.9 Å². The molecule has 1 aromatic rings. The fraction of sp³-hybridized carbons (Fsp3) is 0.571. The summed E-state index contributed by atoms with van der Waals surface area (Å²) in [6.45, 7) is 2.21. The number of thiazole rings is 1. The molecule has 1 atom stereocenters. The van der Waals surface area contributed by atoms with E-state index in [9.17, 15) is 0 Å². The minimum atomic E-state index is 0.653. The molecule has 60 valence electrons. The Morgan fingerprint density at radius 2 is 2.64 bits per heavy atom. The average molecular weight is 189 g/mol. The van der Waals surface area contributed by atoms with Gasteiger partial charge in [0.05, 0.1) is 0 Å². The van der Waals surface area contributed by atoms with E-state index >= 15 is 0 Å². The standard InChI is InChI=1S/C7H9ClN2S/c8-7-10-4-6(11-7)5-1-2-9-3-5/h4-5,9H,1-3H2. The first-order valence-corrected chi connectivity index (χ1v) is 4.87. The molecule has 1 fully saturated rings. The van der Waals surface area contributed by atoms with Crippen molar-refractivity contribution >= 4 is 22.9 Å². The molecule has 1 aliphatic rings. The highest BCUT2D eigenvalue weighted by atomic mass is 35.5. The second-order valence-corrected chi connectivity index (χ2v) is 4.35. The fourth-order valence-electron chi connectivity index (χ4n) is 1.35. The first-order chi connectivity index (χ1) is 5.36. The Morgan fingerprint density at radius 1 is 1.73 bits per heavy atom. The summed E-state index contributed by atoms with van der Waals surface area (Å²) in [5.41, 5.74) is 0. The average Bonchev–Trinajstić information content (AvgIpc) is 2.55. The van der Waals surface area contributed by atoms with E-state index in [0.29, 0.717) is 10.4 Å². The highest BCUT2D eigenvalue weighted by molar-refractivity contribution is 7.15. The highest BCUT2D eigenvalue weighted by Gasteiger charge is 2.18. The van der Waals surface area contributed by atoms with E-state index in [0.717, 1.165) is 13.1 Å². The zero-order valence-corrected chi connectivity index (χ0v) is 7.58. The normalized spacial score (nSPS) is 24.3. The lowest BCUT2D eigenvalue weighted by atomic mass is 10.1. The molecule has 1 saturated heterocycles. The second-order valence-electron chi connectivity index (χ2n) is 2.71. The van der Waals surface area contributed by atoms with Gasteiger partial charge in [-0.15, -0.1) is 11.3 Å². The molecule has 2 rings (SSSR count). The number of nitrogens with one attached hydrogen (secondary N) is 1. The summed E-state index contributed by atoms with van der Waals surface area (Å²) in [6.07, 6.45) is 3.11. The van der Waals surface area contributed by atoms with Crippen LogP contribution in [0.4, 0.5) is 0 Å². The molecule has 1 unspecified atom stereocenters. The Morgan fingerprint density at radius 3 is 3.18 bits per heavy atom. The summed E-state index contributed by atoms with van der Waals surface area (Å²) < 4.78 is 0.659. The van der Waals surface area contributed by atoms with Crippen molar-refractivity contribution in [2.75, 3.05) is 13.1 Å². The lowest BCUT2D eigenvalue weighted by Crippen LogP contribution is -2.07. The zero-order chi connectivity index (χ0) is 7.68. The van der Waals surface area contributed by atoms with Gasteiger partial charge in [-0.25, -0.2) is 4.98 Å². The van der Waals surface area contributed by atoms with Crippen molar-refractivity contribution in [2.24, 2.45) is 0 Å². The van der Waals surface area contributed by atoms with Crippen LogP contribution in [-0.2, 0) is 0 Å². The van der Waals surface area contributed by atoms with Crippen molar-refractivity contribution in [3.8, 4) is 0 Å². The number of halogens is 1. The summed E-state index contributed by atoms with van der Waals surface area (Å²) in [7, 11) is 0. The third-order valence-corrected chi connectivity index (χ3v) is 3.24. The molecular weight excluding hydrogens is 180 g/mol. The Hall–Kier alpha value is -0.120. The molecule has 1 aromatic heterocycles. The smallest absolute Gasteiger partial charge is 0.183 e. The number of nitrogens with zero attached hydrogens (tertiary/aromatic N) is 1. The summed E-state index contributed by atoms with van der Waals surface area (Å²) in [6, 6.07) is 0. The van der Waals surface area contributed by atoms with Crippen molar-refractivity contribution in [1.29, 1.82) is 0 Å². The predicted molar refractivity (Wildman–Crippen MR) is 47.4 cm³/mol. The first-order valence-electron chi connectivity index (χ1n) is 3.68. The van der Waals surface area contributed by atoms with Crippen molar-refractivity contribution in [2.45, 2.75) is 12.3 Å². The molecule has 0 aromatic carbocycles. The minimum absolute atomic E-state index is 0.653. The molecular formula is C7H9ClN2S. The van der Waals surface area contributed by atoms with Gasteiger partial charge >= 0.3 is 0 Å². The Labute approximate surface area is 74.6 Å². The van der Waals surface area contributed by atoms with E-state index < -0.39 is 0 Å². The van der Waals surface area contributed by atoms with E-state index in [1.165, 1.54) is 11.3 Å². The SMILES string of the molecule is Clc1ncc(C2CCNC2)s1. The van der Waals surface area contributed by atoms with Crippen LogP contribution in [0.25, 0.3) is 0 Å². The zero-order valence-electron chi connectivity index (χ0n) is 6.01. The van der Waals surface area contributed by atoms with Crippen LogP contribution < -0.4 is 5.32 Å². The van der Waals surface area contributed by atoms with Gasteiger partial charge in [-0.2, -0.15) is 0 Å². The maximum absolute atomic E-state index is 5.73. The Kier molecular flexibility index (Phi) is 2.11. The Balaban J connectivity index is 2.15. The first kappa shape index (κ1) is 7.53. The number of hydrogen-bond acceptors (Lipinski definition) is 3. The van der Waals surface area contributed by atoms with Crippen LogP contribution in [0.1, 0.15) is 17.2 Å². The van der Waals surface area contributed by atoms with Gasteiger partial charge in [0.25, 0.3) is 0 Å². The van der Waals surface area contributed by atoms with Gasteiger partial charge in [0.1, 0.15) is 0 Å². The van der Waals surface area contributed by atoms with Gasteiger partial charge in [-0.1, -0.05) is 11.6 Å². The summed E-state index contributed by atoms with van der Waals surface area (Å²) in [5.74, 6) is 0.653. The second kappa shape index (κ2) is 3.09. The van der Waals surface area contributed by atoms with Crippen LogP contribution in [0.5, 0.6) is 0 Å². The van der Waals surface area contributed by atoms with E-state index in [-0.39, 0.29) is 0 Å². The molecule has 0 bridgehead atoms. The van der Waals surface area contributed by atoms with Crippen LogP contribution in [0.2, 0.25) is 4.47 Å². The topological polar surface area (TPSA) is 24.9 Å². The molecule has 2 nitrogen and oxygen atoms in total. The van der Waals surface area contributed by atoms with E-state index in [4.69, 9.17) is 11.6 Å². The van der Waals surface area contributed by atoms with E-state index in [1.54, 1.807) is 11.3 Å². The molecule has 1 aliphatic heterocycles. The molecule has 0 aliphatic carbocycles. The number of hydrogen-bond donors (Lipinski definition) is 1. The highest BCUT2D eigenvalue weighted by Crippen LogP contribution is 2.29. The summed E-state index contributed by atoms with van der Waals surface area (Å²) in [4.78, 5) is 5.34. The van der Waals surface area contributed by atoms with Crippen molar-refractivity contribution < 1.29 is 0 Å².